The van der Waals surface area contributed by atoms with Gasteiger partial charge in [-0.2, -0.15) is 0 Å². The van der Waals surface area contributed by atoms with Gasteiger partial charge in [0.05, 0.1) is 0 Å². The highest BCUT2D eigenvalue weighted by molar-refractivity contribution is 5.79. The first-order chi connectivity index (χ1) is 7.00. The van der Waals surface area contributed by atoms with E-state index >= 15 is 0 Å². The highest BCUT2D eigenvalue weighted by Crippen LogP contribution is 2.24. The Morgan fingerprint density at radius 2 is 2.07 bits per heavy atom. The fourth-order valence-corrected chi connectivity index (χ4v) is 1.60. The lowest BCUT2D eigenvalue weighted by molar-refractivity contribution is -0.240. The first kappa shape index (κ1) is 11.7. The molecule has 0 aliphatic carbocycles. The number of rotatable bonds is 4. The van der Waals surface area contributed by atoms with Crippen LogP contribution >= 0.6 is 0 Å². The molecule has 2 N–H and O–H groups in total. The number of aliphatic hydroxyl groups is 1. The molecule has 15 heavy (non-hydrogen) atoms. The third kappa shape index (κ3) is 2.36. The number of hydrogen-bond acceptors (Lipinski definition) is 3. The summed E-state index contributed by atoms with van der Waals surface area (Å²) < 4.78 is 0. The van der Waals surface area contributed by atoms with Crippen LogP contribution in [0.2, 0.25) is 0 Å². The van der Waals surface area contributed by atoms with Crippen LogP contribution in [0, 0.1) is 5.41 Å². The van der Waals surface area contributed by atoms with Crippen LogP contribution in [-0.2, 0) is 12.0 Å². The van der Waals surface area contributed by atoms with E-state index in [4.69, 9.17) is 5.41 Å². The molecule has 0 aliphatic rings. The first-order valence-electron chi connectivity index (χ1n) is 5.07. The van der Waals surface area contributed by atoms with E-state index in [1.165, 1.54) is 6.92 Å². The molecule has 0 saturated heterocycles. The average molecular weight is 206 g/mol. The zero-order valence-electron chi connectivity index (χ0n) is 9.08. The maximum absolute atomic E-state index is 11.0. The van der Waals surface area contributed by atoms with Crippen molar-refractivity contribution in [2.24, 2.45) is 0 Å². The second kappa shape index (κ2) is 4.45. The second-order valence-electron chi connectivity index (χ2n) is 3.81. The van der Waals surface area contributed by atoms with Crippen LogP contribution in [0.15, 0.2) is 24.3 Å². The van der Waals surface area contributed by atoms with Gasteiger partial charge in [-0.05, 0) is 30.4 Å². The summed E-state index contributed by atoms with van der Waals surface area (Å²) in [5.74, 6) is -0.967. The fourth-order valence-electron chi connectivity index (χ4n) is 1.60. The molecule has 1 aromatic rings. The molecule has 0 heterocycles. The molecule has 0 aliphatic heterocycles. The van der Waals surface area contributed by atoms with Gasteiger partial charge in [0.25, 0.3) is 0 Å². The molecule has 0 radical (unpaired) electrons. The summed E-state index contributed by atoms with van der Waals surface area (Å²) in [5.41, 5.74) is -0.205. The molecule has 1 rings (SSSR count). The van der Waals surface area contributed by atoms with E-state index in [0.29, 0.717) is 5.56 Å². The molecule has 0 fully saturated rings. The molecule has 1 aromatic carbocycles. The number of hydrogen-bond donors (Lipinski definition) is 2. The second-order valence-corrected chi connectivity index (χ2v) is 3.81. The predicted molar refractivity (Wildman–Crippen MR) is 57.7 cm³/mol. The third-order valence-electron chi connectivity index (χ3n) is 2.50. The SMILES string of the molecule is CCCc1ccccc1C(C)(O)C(=N)[O-]. The predicted octanol–water partition coefficient (Wildman–Crippen LogP) is 1.18. The van der Waals surface area contributed by atoms with Gasteiger partial charge in [0, 0.05) is 0 Å². The van der Waals surface area contributed by atoms with Crippen molar-refractivity contribution in [3.8, 4) is 0 Å². The van der Waals surface area contributed by atoms with Gasteiger partial charge in [0.1, 0.15) is 5.60 Å². The summed E-state index contributed by atoms with van der Waals surface area (Å²) in [6.45, 7) is 3.41. The molecule has 0 spiro atoms. The van der Waals surface area contributed by atoms with Crippen molar-refractivity contribution >= 4 is 5.90 Å². The quantitative estimate of drug-likeness (QED) is 0.574. The summed E-state index contributed by atoms with van der Waals surface area (Å²) in [5, 5.41) is 28.0. The summed E-state index contributed by atoms with van der Waals surface area (Å²) in [4.78, 5) is 0. The Hall–Kier alpha value is -1.35. The third-order valence-corrected chi connectivity index (χ3v) is 2.50. The Labute approximate surface area is 89.9 Å². The van der Waals surface area contributed by atoms with Gasteiger partial charge < -0.3 is 15.6 Å². The zero-order chi connectivity index (χ0) is 11.5. The summed E-state index contributed by atoms with van der Waals surface area (Å²) in [6, 6.07) is 7.23. The molecule has 0 saturated carbocycles. The Bertz CT molecular complexity index is 358. The summed E-state index contributed by atoms with van der Waals surface area (Å²) in [6.07, 6.45) is 1.75. The van der Waals surface area contributed by atoms with E-state index in [0.717, 1.165) is 18.4 Å². The maximum Gasteiger partial charge on any atom is 0.114 e. The lowest BCUT2D eigenvalue weighted by Crippen LogP contribution is -2.41. The van der Waals surface area contributed by atoms with Gasteiger partial charge in [-0.15, -0.1) is 0 Å². The average Bonchev–Trinajstić information content (AvgIpc) is 2.18. The molecular formula is C12H16NO2-. The Balaban J connectivity index is 3.18. The summed E-state index contributed by atoms with van der Waals surface area (Å²) >= 11 is 0. The molecule has 3 nitrogen and oxygen atoms in total. The molecule has 0 amide bonds. The normalized spacial score (nSPS) is 14.6. The number of nitrogens with one attached hydrogen (secondary N) is 1. The van der Waals surface area contributed by atoms with E-state index < -0.39 is 11.5 Å². The fraction of sp³-hybridized carbons (Fsp3) is 0.417. The maximum atomic E-state index is 11.0. The van der Waals surface area contributed by atoms with Crippen LogP contribution in [0.5, 0.6) is 0 Å². The van der Waals surface area contributed by atoms with Gasteiger partial charge in [-0.3, -0.25) is 0 Å². The van der Waals surface area contributed by atoms with Crippen molar-refractivity contribution < 1.29 is 10.2 Å². The lowest BCUT2D eigenvalue weighted by atomic mass is 9.89. The molecular weight excluding hydrogens is 190 g/mol. The Kier molecular flexibility index (Phi) is 3.48. The van der Waals surface area contributed by atoms with Crippen LogP contribution in [0.3, 0.4) is 0 Å². The van der Waals surface area contributed by atoms with E-state index in [1.54, 1.807) is 12.1 Å². The summed E-state index contributed by atoms with van der Waals surface area (Å²) in [7, 11) is 0. The van der Waals surface area contributed by atoms with E-state index in [9.17, 15) is 10.2 Å². The smallest absolute Gasteiger partial charge is 0.114 e. The minimum absolute atomic E-state index is 0.548. The van der Waals surface area contributed by atoms with Crippen LogP contribution in [-0.4, -0.2) is 11.0 Å². The molecule has 0 aromatic heterocycles. The largest absolute Gasteiger partial charge is 0.860 e. The highest BCUT2D eigenvalue weighted by atomic mass is 16.3. The number of benzene rings is 1. The van der Waals surface area contributed by atoms with Crippen LogP contribution in [0.4, 0.5) is 0 Å². The van der Waals surface area contributed by atoms with Crippen molar-refractivity contribution in [1.82, 2.24) is 0 Å². The van der Waals surface area contributed by atoms with E-state index in [1.807, 2.05) is 19.1 Å². The minimum Gasteiger partial charge on any atom is -0.860 e. The molecule has 1 unspecified atom stereocenters. The standard InChI is InChI=1S/C12H17NO2/c1-3-6-9-7-4-5-8-10(9)12(2,15)11(13)14/h4-5,7-8,15H,3,6H2,1-2H3,(H2,13,14)/p-1. The van der Waals surface area contributed by atoms with E-state index in [-0.39, 0.29) is 0 Å². The van der Waals surface area contributed by atoms with Crippen molar-refractivity contribution in [3.05, 3.63) is 35.4 Å². The Morgan fingerprint density at radius 1 is 1.47 bits per heavy atom. The lowest BCUT2D eigenvalue weighted by Gasteiger charge is -2.30. The highest BCUT2D eigenvalue weighted by Gasteiger charge is 2.24. The topological polar surface area (TPSA) is 67.1 Å². The molecule has 0 bridgehead atoms. The first-order valence-corrected chi connectivity index (χ1v) is 5.07. The van der Waals surface area contributed by atoms with Crippen LogP contribution in [0.1, 0.15) is 31.4 Å². The van der Waals surface area contributed by atoms with Crippen molar-refractivity contribution in [3.63, 3.8) is 0 Å². The minimum atomic E-state index is -1.69. The zero-order valence-corrected chi connectivity index (χ0v) is 9.08. The van der Waals surface area contributed by atoms with Gasteiger partial charge in [0.2, 0.25) is 0 Å². The van der Waals surface area contributed by atoms with Gasteiger partial charge in [-0.1, -0.05) is 37.6 Å². The monoisotopic (exact) mass is 206 g/mol. The van der Waals surface area contributed by atoms with E-state index in [2.05, 4.69) is 0 Å². The van der Waals surface area contributed by atoms with Crippen LogP contribution in [0.25, 0.3) is 0 Å². The Morgan fingerprint density at radius 3 is 2.60 bits per heavy atom. The van der Waals surface area contributed by atoms with Crippen molar-refractivity contribution in [2.45, 2.75) is 32.3 Å². The van der Waals surface area contributed by atoms with Crippen molar-refractivity contribution in [2.75, 3.05) is 0 Å². The van der Waals surface area contributed by atoms with Gasteiger partial charge >= 0.3 is 0 Å². The van der Waals surface area contributed by atoms with Gasteiger partial charge in [0.15, 0.2) is 0 Å². The van der Waals surface area contributed by atoms with Crippen LogP contribution < -0.4 is 5.11 Å². The van der Waals surface area contributed by atoms with Crippen molar-refractivity contribution in [1.29, 1.82) is 5.41 Å². The molecule has 82 valence electrons. The van der Waals surface area contributed by atoms with Gasteiger partial charge in [-0.25, -0.2) is 0 Å². The number of aryl methyl sites for hydroxylation is 1. The molecule has 3 heteroatoms. The molecule has 1 atom stereocenters.